The second kappa shape index (κ2) is 3.49. The molecule has 2 aliphatic heterocycles. The van der Waals surface area contributed by atoms with E-state index in [2.05, 4.69) is 10.2 Å². The average Bonchev–Trinajstić information content (AvgIpc) is 2.80. The SMILES string of the molecule is Fc1ccccc1N1CC[C@H]2CNC[C@H]21. The molecule has 3 rings (SSSR count). The van der Waals surface area contributed by atoms with Crippen molar-refractivity contribution >= 4 is 5.69 Å². The largest absolute Gasteiger partial charge is 0.365 e. The minimum Gasteiger partial charge on any atom is -0.365 e. The molecule has 15 heavy (non-hydrogen) atoms. The van der Waals surface area contributed by atoms with Gasteiger partial charge in [-0.2, -0.15) is 0 Å². The maximum atomic E-state index is 13.6. The first-order chi connectivity index (χ1) is 7.36. The standard InChI is InChI=1S/C12H15FN2/c13-10-3-1-2-4-11(10)15-6-5-9-7-14-8-12(9)15/h1-4,9,12,14H,5-8H2/t9-,12+/m0/s1. The van der Waals surface area contributed by atoms with Crippen LogP contribution < -0.4 is 10.2 Å². The summed E-state index contributed by atoms with van der Waals surface area (Å²) in [4.78, 5) is 2.22. The first-order valence-corrected chi connectivity index (χ1v) is 5.58. The van der Waals surface area contributed by atoms with Crippen LogP contribution in [0.4, 0.5) is 10.1 Å². The zero-order valence-electron chi connectivity index (χ0n) is 8.62. The van der Waals surface area contributed by atoms with Gasteiger partial charge in [0, 0.05) is 25.7 Å². The van der Waals surface area contributed by atoms with E-state index in [1.165, 1.54) is 6.42 Å². The maximum absolute atomic E-state index is 13.6. The molecule has 0 bridgehead atoms. The summed E-state index contributed by atoms with van der Waals surface area (Å²) in [5, 5.41) is 3.38. The highest BCUT2D eigenvalue weighted by Gasteiger charge is 2.38. The van der Waals surface area contributed by atoms with E-state index in [-0.39, 0.29) is 5.82 Å². The Balaban J connectivity index is 1.91. The first-order valence-electron chi connectivity index (χ1n) is 5.58. The molecule has 0 aliphatic carbocycles. The van der Waals surface area contributed by atoms with E-state index in [0.29, 0.717) is 12.0 Å². The lowest BCUT2D eigenvalue weighted by Crippen LogP contribution is -2.34. The summed E-state index contributed by atoms with van der Waals surface area (Å²) in [7, 11) is 0. The Labute approximate surface area is 89.1 Å². The van der Waals surface area contributed by atoms with Gasteiger partial charge in [-0.3, -0.25) is 0 Å². The minimum atomic E-state index is -0.0925. The van der Waals surface area contributed by atoms with Crippen molar-refractivity contribution in [1.82, 2.24) is 5.32 Å². The van der Waals surface area contributed by atoms with Crippen molar-refractivity contribution in [2.75, 3.05) is 24.5 Å². The number of rotatable bonds is 1. The van der Waals surface area contributed by atoms with E-state index in [9.17, 15) is 4.39 Å². The zero-order chi connectivity index (χ0) is 10.3. The molecule has 2 heterocycles. The van der Waals surface area contributed by atoms with Crippen LogP contribution in [-0.4, -0.2) is 25.7 Å². The third kappa shape index (κ3) is 1.42. The summed E-state index contributed by atoms with van der Waals surface area (Å²) < 4.78 is 13.6. The Morgan fingerprint density at radius 3 is 3.00 bits per heavy atom. The van der Waals surface area contributed by atoms with Crippen LogP contribution in [-0.2, 0) is 0 Å². The van der Waals surface area contributed by atoms with Gasteiger partial charge >= 0.3 is 0 Å². The molecule has 0 unspecified atom stereocenters. The lowest BCUT2D eigenvalue weighted by atomic mass is 10.1. The molecule has 0 saturated carbocycles. The normalized spacial score (nSPS) is 29.5. The van der Waals surface area contributed by atoms with Crippen LogP contribution in [0.1, 0.15) is 6.42 Å². The van der Waals surface area contributed by atoms with E-state index in [0.717, 1.165) is 25.3 Å². The number of para-hydroxylation sites is 1. The van der Waals surface area contributed by atoms with Crippen LogP contribution >= 0.6 is 0 Å². The highest BCUT2D eigenvalue weighted by Crippen LogP contribution is 2.32. The van der Waals surface area contributed by atoms with Crippen LogP contribution in [0.15, 0.2) is 24.3 Å². The van der Waals surface area contributed by atoms with Gasteiger partial charge in [-0.15, -0.1) is 0 Å². The van der Waals surface area contributed by atoms with Gasteiger partial charge in [0.15, 0.2) is 0 Å². The predicted octanol–water partition coefficient (Wildman–Crippen LogP) is 1.62. The topological polar surface area (TPSA) is 15.3 Å². The molecular weight excluding hydrogens is 191 g/mol. The Morgan fingerprint density at radius 2 is 2.13 bits per heavy atom. The molecule has 0 amide bonds. The number of nitrogens with zero attached hydrogens (tertiary/aromatic N) is 1. The molecule has 1 N–H and O–H groups in total. The second-order valence-corrected chi connectivity index (χ2v) is 4.42. The number of hydrogen-bond acceptors (Lipinski definition) is 2. The summed E-state index contributed by atoms with van der Waals surface area (Å²) in [6, 6.07) is 7.59. The highest BCUT2D eigenvalue weighted by atomic mass is 19.1. The number of fused-ring (bicyclic) bond motifs is 1. The fourth-order valence-electron chi connectivity index (χ4n) is 2.83. The summed E-state index contributed by atoms with van der Waals surface area (Å²) in [5.74, 6) is 0.620. The molecule has 2 saturated heterocycles. The molecule has 2 aliphatic rings. The fourth-order valence-corrected chi connectivity index (χ4v) is 2.83. The molecule has 3 heteroatoms. The van der Waals surface area contributed by atoms with Crippen molar-refractivity contribution in [2.24, 2.45) is 5.92 Å². The number of anilines is 1. The summed E-state index contributed by atoms with van der Waals surface area (Å²) in [6.07, 6.45) is 1.19. The summed E-state index contributed by atoms with van der Waals surface area (Å²) >= 11 is 0. The van der Waals surface area contributed by atoms with Crippen LogP contribution in [0.5, 0.6) is 0 Å². The van der Waals surface area contributed by atoms with Crippen LogP contribution in [0.25, 0.3) is 0 Å². The Hall–Kier alpha value is -1.09. The molecule has 2 fully saturated rings. The van der Waals surface area contributed by atoms with E-state index < -0.39 is 0 Å². The molecule has 80 valence electrons. The molecule has 0 aromatic heterocycles. The monoisotopic (exact) mass is 206 g/mol. The molecule has 0 radical (unpaired) electrons. The molecule has 0 spiro atoms. The average molecular weight is 206 g/mol. The third-order valence-electron chi connectivity index (χ3n) is 3.61. The van der Waals surface area contributed by atoms with Gasteiger partial charge in [0.25, 0.3) is 0 Å². The molecule has 1 aromatic rings. The Morgan fingerprint density at radius 1 is 1.27 bits per heavy atom. The van der Waals surface area contributed by atoms with E-state index in [1.54, 1.807) is 12.1 Å². The van der Waals surface area contributed by atoms with Crippen LogP contribution in [0.2, 0.25) is 0 Å². The van der Waals surface area contributed by atoms with Crippen LogP contribution in [0, 0.1) is 11.7 Å². The van der Waals surface area contributed by atoms with E-state index in [4.69, 9.17) is 0 Å². The van der Waals surface area contributed by atoms with Gasteiger partial charge in [-0.1, -0.05) is 12.1 Å². The number of benzene rings is 1. The number of halogens is 1. The van der Waals surface area contributed by atoms with Gasteiger partial charge in [-0.25, -0.2) is 4.39 Å². The Bertz CT molecular complexity index is 366. The van der Waals surface area contributed by atoms with E-state index in [1.807, 2.05) is 12.1 Å². The predicted molar refractivity (Wildman–Crippen MR) is 58.5 cm³/mol. The molecule has 1 aromatic carbocycles. The van der Waals surface area contributed by atoms with Crippen molar-refractivity contribution < 1.29 is 4.39 Å². The number of nitrogens with one attached hydrogen (secondary N) is 1. The lowest BCUT2D eigenvalue weighted by molar-refractivity contribution is 0.570. The van der Waals surface area contributed by atoms with Crippen LogP contribution in [0.3, 0.4) is 0 Å². The highest BCUT2D eigenvalue weighted by molar-refractivity contribution is 5.50. The second-order valence-electron chi connectivity index (χ2n) is 4.42. The van der Waals surface area contributed by atoms with Gasteiger partial charge in [0.2, 0.25) is 0 Å². The van der Waals surface area contributed by atoms with Gasteiger partial charge in [0.1, 0.15) is 5.82 Å². The summed E-state index contributed by atoms with van der Waals surface area (Å²) in [6.45, 7) is 3.09. The molecule has 2 nitrogen and oxygen atoms in total. The van der Waals surface area contributed by atoms with Gasteiger partial charge in [0.05, 0.1) is 5.69 Å². The molecule has 2 atom stereocenters. The maximum Gasteiger partial charge on any atom is 0.146 e. The van der Waals surface area contributed by atoms with Gasteiger partial charge in [-0.05, 0) is 24.5 Å². The number of hydrogen-bond donors (Lipinski definition) is 1. The van der Waals surface area contributed by atoms with E-state index >= 15 is 0 Å². The third-order valence-corrected chi connectivity index (χ3v) is 3.61. The van der Waals surface area contributed by atoms with Crippen molar-refractivity contribution in [3.8, 4) is 0 Å². The fraction of sp³-hybridized carbons (Fsp3) is 0.500. The minimum absolute atomic E-state index is 0.0925. The zero-order valence-corrected chi connectivity index (χ0v) is 8.62. The lowest BCUT2D eigenvalue weighted by Gasteiger charge is -2.25. The quantitative estimate of drug-likeness (QED) is 0.751. The Kier molecular flexibility index (Phi) is 2.13. The first kappa shape index (κ1) is 9.16. The summed E-state index contributed by atoms with van der Waals surface area (Å²) in [5.41, 5.74) is 0.772. The molecular formula is C12H15FN2. The van der Waals surface area contributed by atoms with Crippen molar-refractivity contribution in [2.45, 2.75) is 12.5 Å². The van der Waals surface area contributed by atoms with Gasteiger partial charge < -0.3 is 10.2 Å². The van der Waals surface area contributed by atoms with Crippen molar-refractivity contribution in [1.29, 1.82) is 0 Å². The smallest absolute Gasteiger partial charge is 0.146 e. The van der Waals surface area contributed by atoms with Crippen molar-refractivity contribution in [3.05, 3.63) is 30.1 Å². The van der Waals surface area contributed by atoms with Crippen molar-refractivity contribution in [3.63, 3.8) is 0 Å².